The molecule has 0 amide bonds. The van der Waals surface area contributed by atoms with Gasteiger partial charge in [-0.3, -0.25) is 4.72 Å². The van der Waals surface area contributed by atoms with Gasteiger partial charge in [-0.05, 0) is 53.9 Å². The summed E-state index contributed by atoms with van der Waals surface area (Å²) in [6.07, 6.45) is 0.515. The van der Waals surface area contributed by atoms with E-state index < -0.39 is 25.9 Å². The van der Waals surface area contributed by atoms with Crippen molar-refractivity contribution in [1.29, 1.82) is 0 Å². The molecule has 26 heavy (non-hydrogen) atoms. The second-order valence-electron chi connectivity index (χ2n) is 5.85. The number of alkyl halides is 1. The van der Waals surface area contributed by atoms with Crippen molar-refractivity contribution in [3.8, 4) is 0 Å². The normalized spacial score (nSPS) is 15.5. The zero-order valence-electron chi connectivity index (χ0n) is 13.5. The summed E-state index contributed by atoms with van der Waals surface area (Å²) >= 11 is 2.91. The van der Waals surface area contributed by atoms with Gasteiger partial charge in [0.05, 0.1) is 4.90 Å². The highest BCUT2D eigenvalue weighted by Crippen LogP contribution is 2.27. The lowest BCUT2D eigenvalue weighted by molar-refractivity contribution is 0.391. The number of anilines is 1. The van der Waals surface area contributed by atoms with Gasteiger partial charge in [0.15, 0.2) is 0 Å². The van der Waals surface area contributed by atoms with Gasteiger partial charge in [-0.2, -0.15) is 4.31 Å². The third-order valence-electron chi connectivity index (χ3n) is 4.05. The second kappa shape index (κ2) is 7.26. The first-order chi connectivity index (χ1) is 12.2. The van der Waals surface area contributed by atoms with Crippen LogP contribution < -0.4 is 4.72 Å². The molecule has 0 aliphatic carbocycles. The number of hydrogen-bond acceptors (Lipinski definition) is 4. The van der Waals surface area contributed by atoms with Crippen LogP contribution in [0.5, 0.6) is 0 Å². The van der Waals surface area contributed by atoms with Crippen LogP contribution in [0.15, 0.2) is 47.4 Å². The van der Waals surface area contributed by atoms with Crippen LogP contribution in [0.4, 0.5) is 10.1 Å². The number of nitrogens with zero attached hydrogens (tertiary/aromatic N) is 1. The molecule has 0 radical (unpaired) electrons. The van der Waals surface area contributed by atoms with E-state index in [0.29, 0.717) is 18.7 Å². The van der Waals surface area contributed by atoms with Crippen molar-refractivity contribution in [2.45, 2.75) is 17.9 Å². The van der Waals surface area contributed by atoms with Crippen LogP contribution in [-0.4, -0.2) is 32.3 Å². The summed E-state index contributed by atoms with van der Waals surface area (Å²) in [4.78, 5) is 0.0264. The summed E-state index contributed by atoms with van der Waals surface area (Å²) in [6, 6.07) is 9.78. The predicted molar refractivity (Wildman–Crippen MR) is 100 cm³/mol. The van der Waals surface area contributed by atoms with Crippen LogP contribution in [0, 0.1) is 5.82 Å². The summed E-state index contributed by atoms with van der Waals surface area (Å²) in [7, 11) is -7.24. The summed E-state index contributed by atoms with van der Waals surface area (Å²) in [5, 5.41) is 0. The average Bonchev–Trinajstić information content (AvgIpc) is 2.61. The Bertz CT molecular complexity index is 1020. The fraction of sp³-hybridized carbons (Fsp3) is 0.250. The maximum atomic E-state index is 13.1. The average molecular weight is 463 g/mol. The molecule has 0 saturated heterocycles. The third kappa shape index (κ3) is 4.08. The molecule has 2 aromatic carbocycles. The standard InChI is InChI=1S/C16H16BrFN2O4S2/c17-11-25(21,22)19-15-4-1-12-7-8-20(10-13(12)9-15)26(23,24)16-5-2-14(18)3-6-16/h1-6,9,19H,7-8,10-11H2. The van der Waals surface area contributed by atoms with Crippen molar-refractivity contribution in [1.82, 2.24) is 4.31 Å². The van der Waals surface area contributed by atoms with Gasteiger partial charge in [-0.15, -0.1) is 0 Å². The van der Waals surface area contributed by atoms with E-state index in [9.17, 15) is 21.2 Å². The molecule has 10 heteroatoms. The number of benzene rings is 2. The minimum Gasteiger partial charge on any atom is -0.283 e. The molecule has 0 aromatic heterocycles. The first-order valence-electron chi connectivity index (χ1n) is 7.65. The molecule has 1 heterocycles. The minimum absolute atomic E-state index is 0.0264. The molecular formula is C16H16BrFN2O4S2. The third-order valence-corrected chi connectivity index (χ3v) is 8.55. The fourth-order valence-electron chi connectivity index (χ4n) is 2.76. The first kappa shape index (κ1) is 19.3. The largest absolute Gasteiger partial charge is 0.283 e. The van der Waals surface area contributed by atoms with E-state index in [2.05, 4.69) is 20.7 Å². The zero-order valence-corrected chi connectivity index (χ0v) is 16.7. The van der Waals surface area contributed by atoms with Gasteiger partial charge in [-0.1, -0.05) is 22.0 Å². The van der Waals surface area contributed by atoms with Crippen molar-refractivity contribution < 1.29 is 21.2 Å². The van der Waals surface area contributed by atoms with E-state index in [1.165, 1.54) is 16.4 Å². The Morgan fingerprint density at radius 1 is 1.04 bits per heavy atom. The SMILES string of the molecule is O=S(=O)(CBr)Nc1ccc2c(c1)CN(S(=O)(=O)c1ccc(F)cc1)CC2. The number of hydrogen-bond donors (Lipinski definition) is 1. The Morgan fingerprint density at radius 2 is 1.73 bits per heavy atom. The Morgan fingerprint density at radius 3 is 2.38 bits per heavy atom. The van der Waals surface area contributed by atoms with Crippen molar-refractivity contribution in [2.24, 2.45) is 0 Å². The van der Waals surface area contributed by atoms with Crippen LogP contribution in [-0.2, 0) is 33.0 Å². The molecule has 2 aromatic rings. The predicted octanol–water partition coefficient (Wildman–Crippen LogP) is 2.67. The van der Waals surface area contributed by atoms with Gasteiger partial charge in [0.1, 0.15) is 10.5 Å². The van der Waals surface area contributed by atoms with Crippen LogP contribution >= 0.6 is 15.9 Å². The van der Waals surface area contributed by atoms with Gasteiger partial charge >= 0.3 is 0 Å². The molecule has 0 saturated carbocycles. The van der Waals surface area contributed by atoms with Crippen LogP contribution in [0.1, 0.15) is 11.1 Å². The van der Waals surface area contributed by atoms with Crippen LogP contribution in [0.2, 0.25) is 0 Å². The van der Waals surface area contributed by atoms with E-state index in [1.54, 1.807) is 18.2 Å². The Hall–Kier alpha value is -1.49. The molecule has 0 bridgehead atoms. The van der Waals surface area contributed by atoms with E-state index in [-0.39, 0.29) is 16.1 Å². The van der Waals surface area contributed by atoms with Crippen molar-refractivity contribution in [3.63, 3.8) is 0 Å². The highest BCUT2D eigenvalue weighted by atomic mass is 79.9. The zero-order chi connectivity index (χ0) is 18.9. The van der Waals surface area contributed by atoms with Gasteiger partial charge in [0.2, 0.25) is 20.0 Å². The number of halogens is 2. The van der Waals surface area contributed by atoms with Crippen molar-refractivity contribution in [3.05, 3.63) is 59.4 Å². The van der Waals surface area contributed by atoms with Crippen LogP contribution in [0.3, 0.4) is 0 Å². The van der Waals surface area contributed by atoms with Gasteiger partial charge in [-0.25, -0.2) is 21.2 Å². The number of rotatable bonds is 5. The summed E-state index contributed by atoms with van der Waals surface area (Å²) < 4.78 is 65.4. The van der Waals surface area contributed by atoms with Crippen LogP contribution in [0.25, 0.3) is 0 Å². The molecule has 0 atom stereocenters. The number of fused-ring (bicyclic) bond motifs is 1. The number of sulfonamides is 2. The Kier molecular flexibility index (Phi) is 5.38. The van der Waals surface area contributed by atoms with Crippen molar-refractivity contribution in [2.75, 3.05) is 15.9 Å². The Balaban J connectivity index is 1.87. The van der Waals surface area contributed by atoms with E-state index in [4.69, 9.17) is 0 Å². The minimum atomic E-state index is -3.75. The van der Waals surface area contributed by atoms with Gasteiger partial charge in [0.25, 0.3) is 0 Å². The molecular weight excluding hydrogens is 447 g/mol. The molecule has 0 spiro atoms. The van der Waals surface area contributed by atoms with E-state index >= 15 is 0 Å². The van der Waals surface area contributed by atoms with E-state index in [0.717, 1.165) is 23.3 Å². The lowest BCUT2D eigenvalue weighted by Gasteiger charge is -2.28. The molecule has 0 fully saturated rings. The molecule has 1 aliphatic rings. The molecule has 1 N–H and O–H groups in total. The topological polar surface area (TPSA) is 83.6 Å². The summed E-state index contributed by atoms with van der Waals surface area (Å²) in [5.41, 5.74) is 2.08. The van der Waals surface area contributed by atoms with Gasteiger partial charge < -0.3 is 0 Å². The highest BCUT2D eigenvalue weighted by Gasteiger charge is 2.28. The molecule has 6 nitrogen and oxygen atoms in total. The molecule has 140 valence electrons. The van der Waals surface area contributed by atoms with Crippen molar-refractivity contribution >= 4 is 41.7 Å². The molecule has 3 rings (SSSR count). The van der Waals surface area contributed by atoms with Gasteiger partial charge in [0, 0.05) is 18.8 Å². The fourth-order valence-corrected chi connectivity index (χ4v) is 5.07. The molecule has 1 aliphatic heterocycles. The smallest absolute Gasteiger partial charge is 0.243 e. The maximum Gasteiger partial charge on any atom is 0.243 e. The lowest BCUT2D eigenvalue weighted by Crippen LogP contribution is -2.36. The second-order valence-corrected chi connectivity index (χ2v) is 10.8. The molecule has 0 unspecified atom stereocenters. The number of nitrogens with one attached hydrogen (secondary N) is 1. The summed E-state index contributed by atoms with van der Waals surface area (Å²) in [6.45, 7) is 0.429. The highest BCUT2D eigenvalue weighted by molar-refractivity contribution is 9.10. The Labute approximate surface area is 160 Å². The summed E-state index contributed by atoms with van der Waals surface area (Å²) in [5.74, 6) is -0.503. The van der Waals surface area contributed by atoms with E-state index in [1.807, 2.05) is 0 Å². The first-order valence-corrected chi connectivity index (χ1v) is 11.9. The lowest BCUT2D eigenvalue weighted by atomic mass is 10.0. The monoisotopic (exact) mass is 462 g/mol. The quantitative estimate of drug-likeness (QED) is 0.692. The maximum absolute atomic E-state index is 13.1.